The molecule has 2 aromatic rings. The van der Waals surface area contributed by atoms with E-state index < -0.39 is 35.3 Å². The Labute approximate surface area is 192 Å². The first-order chi connectivity index (χ1) is 15.9. The summed E-state index contributed by atoms with van der Waals surface area (Å²) in [6.07, 6.45) is -0.927. The highest BCUT2D eigenvalue weighted by Crippen LogP contribution is 2.32. The largest absolute Gasteiger partial charge is 0.454 e. The number of benzene rings is 2. The SMILES string of the molecule is NC1NC(SCC(=O)NCc2ccc3c(c2)OCO3)NC(=O)C1NC(=O)c1ccccc1F. The van der Waals surface area contributed by atoms with Gasteiger partial charge in [0.15, 0.2) is 11.5 Å². The number of thioether (sulfide) groups is 1. The first-order valence-electron chi connectivity index (χ1n) is 10.0. The number of rotatable bonds is 7. The van der Waals surface area contributed by atoms with Crippen LogP contribution in [0.3, 0.4) is 0 Å². The van der Waals surface area contributed by atoms with Gasteiger partial charge in [0.1, 0.15) is 17.4 Å². The normalized spacial score (nSPS) is 21.3. The summed E-state index contributed by atoms with van der Waals surface area (Å²) in [5, 5.41) is 10.8. The van der Waals surface area contributed by atoms with E-state index >= 15 is 0 Å². The van der Waals surface area contributed by atoms with Gasteiger partial charge in [-0.15, -0.1) is 11.8 Å². The van der Waals surface area contributed by atoms with Crippen LogP contribution in [-0.4, -0.2) is 48.0 Å². The summed E-state index contributed by atoms with van der Waals surface area (Å²) in [6.45, 7) is 0.488. The third-order valence-electron chi connectivity index (χ3n) is 4.97. The van der Waals surface area contributed by atoms with E-state index in [1.807, 2.05) is 6.07 Å². The molecule has 0 aliphatic carbocycles. The summed E-state index contributed by atoms with van der Waals surface area (Å²) in [5.74, 6) is -0.870. The fraction of sp³-hybridized carbons (Fsp3) is 0.286. The number of fused-ring (bicyclic) bond motifs is 1. The summed E-state index contributed by atoms with van der Waals surface area (Å²) < 4.78 is 24.4. The Hall–Kier alpha value is -3.35. The Morgan fingerprint density at radius 2 is 1.97 bits per heavy atom. The minimum Gasteiger partial charge on any atom is -0.454 e. The van der Waals surface area contributed by atoms with E-state index in [-0.39, 0.29) is 24.0 Å². The molecule has 4 rings (SSSR count). The van der Waals surface area contributed by atoms with Gasteiger partial charge in [0.05, 0.1) is 17.5 Å². The van der Waals surface area contributed by atoms with Gasteiger partial charge in [0, 0.05) is 6.54 Å². The lowest BCUT2D eigenvalue weighted by atomic mass is 10.1. The molecule has 0 radical (unpaired) electrons. The summed E-state index contributed by atoms with van der Waals surface area (Å²) in [6, 6.07) is 9.74. The van der Waals surface area contributed by atoms with Gasteiger partial charge in [-0.3, -0.25) is 19.7 Å². The Kier molecular flexibility index (Phi) is 6.96. The minimum atomic E-state index is -1.10. The van der Waals surface area contributed by atoms with Crippen molar-refractivity contribution in [2.45, 2.75) is 24.3 Å². The van der Waals surface area contributed by atoms with Crippen LogP contribution in [0.1, 0.15) is 15.9 Å². The number of halogens is 1. The van der Waals surface area contributed by atoms with Gasteiger partial charge >= 0.3 is 0 Å². The fourth-order valence-corrected chi connectivity index (χ4v) is 4.14. The molecule has 2 heterocycles. The van der Waals surface area contributed by atoms with Gasteiger partial charge in [-0.1, -0.05) is 18.2 Å². The molecule has 1 fully saturated rings. The van der Waals surface area contributed by atoms with Crippen molar-refractivity contribution in [3.05, 3.63) is 59.4 Å². The Balaban J connectivity index is 1.22. The number of ether oxygens (including phenoxy) is 2. The van der Waals surface area contributed by atoms with Crippen LogP contribution in [0.15, 0.2) is 42.5 Å². The predicted molar refractivity (Wildman–Crippen MR) is 118 cm³/mol. The van der Waals surface area contributed by atoms with E-state index in [2.05, 4.69) is 21.3 Å². The van der Waals surface area contributed by atoms with Crippen molar-refractivity contribution in [1.29, 1.82) is 0 Å². The number of carbonyl (C=O) groups excluding carboxylic acids is 3. The second-order valence-corrected chi connectivity index (χ2v) is 8.38. The molecule has 0 bridgehead atoms. The fourth-order valence-electron chi connectivity index (χ4n) is 3.27. The maximum atomic E-state index is 13.8. The van der Waals surface area contributed by atoms with Crippen LogP contribution in [0.4, 0.5) is 4.39 Å². The molecule has 0 aromatic heterocycles. The average Bonchev–Trinajstić information content (AvgIpc) is 3.27. The monoisotopic (exact) mass is 475 g/mol. The lowest BCUT2D eigenvalue weighted by Crippen LogP contribution is -2.70. The van der Waals surface area contributed by atoms with Gasteiger partial charge in [0.25, 0.3) is 5.91 Å². The Bertz CT molecular complexity index is 1070. The van der Waals surface area contributed by atoms with Crippen molar-refractivity contribution in [2.75, 3.05) is 12.5 Å². The van der Waals surface area contributed by atoms with E-state index in [0.29, 0.717) is 18.0 Å². The highest BCUT2D eigenvalue weighted by atomic mass is 32.2. The molecule has 3 unspecified atom stereocenters. The first-order valence-corrected chi connectivity index (χ1v) is 11.1. The van der Waals surface area contributed by atoms with Crippen LogP contribution in [0, 0.1) is 5.82 Å². The predicted octanol–water partition coefficient (Wildman–Crippen LogP) is -0.00980. The minimum absolute atomic E-state index is 0.0570. The van der Waals surface area contributed by atoms with Crippen LogP contribution in [0.5, 0.6) is 11.5 Å². The summed E-state index contributed by atoms with van der Waals surface area (Å²) >= 11 is 1.14. The van der Waals surface area contributed by atoms with E-state index in [4.69, 9.17) is 15.2 Å². The summed E-state index contributed by atoms with van der Waals surface area (Å²) in [7, 11) is 0. The zero-order valence-electron chi connectivity index (χ0n) is 17.3. The second-order valence-electron chi connectivity index (χ2n) is 7.29. The van der Waals surface area contributed by atoms with Crippen molar-refractivity contribution >= 4 is 29.5 Å². The van der Waals surface area contributed by atoms with E-state index in [1.165, 1.54) is 18.2 Å². The van der Waals surface area contributed by atoms with Crippen LogP contribution in [0.2, 0.25) is 0 Å². The second kappa shape index (κ2) is 10.1. The Morgan fingerprint density at radius 3 is 2.76 bits per heavy atom. The highest BCUT2D eigenvalue weighted by molar-refractivity contribution is 8.00. The van der Waals surface area contributed by atoms with Crippen LogP contribution in [0.25, 0.3) is 0 Å². The number of carbonyl (C=O) groups is 3. The molecule has 2 aromatic carbocycles. The van der Waals surface area contributed by atoms with Gasteiger partial charge in [-0.05, 0) is 29.8 Å². The third-order valence-corrected chi connectivity index (χ3v) is 5.99. The maximum absolute atomic E-state index is 13.8. The molecule has 12 heteroatoms. The maximum Gasteiger partial charge on any atom is 0.254 e. The summed E-state index contributed by atoms with van der Waals surface area (Å²) in [5.41, 5.74) is 6.03. The van der Waals surface area contributed by atoms with E-state index in [9.17, 15) is 18.8 Å². The van der Waals surface area contributed by atoms with E-state index in [0.717, 1.165) is 23.4 Å². The smallest absolute Gasteiger partial charge is 0.254 e. The molecule has 2 aliphatic heterocycles. The van der Waals surface area contributed by atoms with Gasteiger partial charge in [-0.25, -0.2) is 4.39 Å². The van der Waals surface area contributed by atoms with Crippen molar-refractivity contribution < 1.29 is 28.2 Å². The topological polar surface area (TPSA) is 144 Å². The number of hydrogen-bond donors (Lipinski definition) is 5. The quantitative estimate of drug-likeness (QED) is 0.376. The van der Waals surface area contributed by atoms with Crippen LogP contribution >= 0.6 is 11.8 Å². The number of amides is 3. The highest BCUT2D eigenvalue weighted by Gasteiger charge is 2.35. The van der Waals surface area contributed by atoms with Crippen LogP contribution < -0.4 is 36.5 Å². The zero-order chi connectivity index (χ0) is 23.4. The Morgan fingerprint density at radius 1 is 1.18 bits per heavy atom. The zero-order valence-corrected chi connectivity index (χ0v) is 18.1. The van der Waals surface area contributed by atoms with Crippen molar-refractivity contribution in [1.82, 2.24) is 21.3 Å². The molecule has 174 valence electrons. The van der Waals surface area contributed by atoms with E-state index in [1.54, 1.807) is 12.1 Å². The van der Waals surface area contributed by atoms with Crippen molar-refractivity contribution in [2.24, 2.45) is 5.73 Å². The average molecular weight is 476 g/mol. The first kappa shape index (κ1) is 22.8. The molecule has 3 atom stereocenters. The molecule has 33 heavy (non-hydrogen) atoms. The number of nitrogens with one attached hydrogen (secondary N) is 4. The molecule has 6 N–H and O–H groups in total. The van der Waals surface area contributed by atoms with Gasteiger partial charge in [0.2, 0.25) is 18.6 Å². The lowest BCUT2D eigenvalue weighted by Gasteiger charge is -2.35. The molecule has 0 saturated carbocycles. The standard InChI is InChI=1S/C21H22FN5O5S/c22-13-4-2-1-3-12(13)19(29)25-17-18(23)26-21(27-20(17)30)33-9-16(28)24-8-11-5-6-14-15(7-11)32-10-31-14/h1-7,17-18,21,26H,8-10,23H2,(H,24,28)(H,25,29)(H,27,30). The van der Waals surface area contributed by atoms with Gasteiger partial charge in [-0.2, -0.15) is 0 Å². The molecule has 10 nitrogen and oxygen atoms in total. The molecular formula is C21H22FN5O5S. The number of nitrogens with two attached hydrogens (primary N) is 1. The molecule has 3 amide bonds. The molecular weight excluding hydrogens is 453 g/mol. The number of hydrogen-bond acceptors (Lipinski definition) is 8. The molecule has 2 aliphatic rings. The lowest BCUT2D eigenvalue weighted by molar-refractivity contribution is -0.126. The van der Waals surface area contributed by atoms with Crippen molar-refractivity contribution in [3.8, 4) is 11.5 Å². The van der Waals surface area contributed by atoms with Crippen molar-refractivity contribution in [3.63, 3.8) is 0 Å². The third kappa shape index (κ3) is 5.53. The molecule has 1 saturated heterocycles. The molecule has 0 spiro atoms. The summed E-state index contributed by atoms with van der Waals surface area (Å²) in [4.78, 5) is 36.9. The van der Waals surface area contributed by atoms with Crippen LogP contribution in [-0.2, 0) is 16.1 Å². The van der Waals surface area contributed by atoms with Gasteiger partial charge < -0.3 is 31.2 Å².